The quantitative estimate of drug-likeness (QED) is 0.361. The van der Waals surface area contributed by atoms with Crippen molar-refractivity contribution in [3.63, 3.8) is 0 Å². The fraction of sp³-hybridized carbons (Fsp3) is 0.118. The molecule has 0 aliphatic rings. The Kier molecular flexibility index (Phi) is 5.84. The Morgan fingerprint density at radius 1 is 1.29 bits per heavy atom. The maximum absolute atomic E-state index is 13.0. The lowest BCUT2D eigenvalue weighted by Gasteiger charge is -2.09. The number of carbonyl (C=O) groups is 1. The number of thioether (sulfide) groups is 1. The van der Waals surface area contributed by atoms with Crippen molar-refractivity contribution in [1.29, 1.82) is 0 Å². The molecule has 1 amide bonds. The van der Waals surface area contributed by atoms with Crippen molar-refractivity contribution < 1.29 is 23.3 Å². The van der Waals surface area contributed by atoms with Crippen LogP contribution >= 0.6 is 11.8 Å². The second kappa shape index (κ2) is 8.48. The fourth-order valence-electron chi connectivity index (χ4n) is 2.20. The van der Waals surface area contributed by atoms with Crippen LogP contribution in [-0.4, -0.2) is 33.9 Å². The number of nitrogens with zero attached hydrogens (tertiary/aromatic N) is 3. The van der Waals surface area contributed by atoms with Gasteiger partial charge in [-0.1, -0.05) is 11.8 Å². The van der Waals surface area contributed by atoms with Gasteiger partial charge < -0.3 is 14.5 Å². The van der Waals surface area contributed by atoms with E-state index in [9.17, 15) is 19.3 Å². The smallest absolute Gasteiger partial charge is 0.277 e. The molecule has 9 nitrogen and oxygen atoms in total. The molecule has 3 aromatic rings. The van der Waals surface area contributed by atoms with Crippen molar-refractivity contribution in [1.82, 2.24) is 10.2 Å². The Balaban J connectivity index is 1.63. The first-order chi connectivity index (χ1) is 13.5. The van der Waals surface area contributed by atoms with Crippen LogP contribution in [0.4, 0.5) is 15.8 Å². The molecular formula is C17H13FN4O5S. The first-order valence-electron chi connectivity index (χ1n) is 7.81. The number of halogens is 1. The number of nitro benzene ring substituents is 1. The third-order valence-electron chi connectivity index (χ3n) is 3.49. The monoisotopic (exact) mass is 404 g/mol. The molecule has 0 spiro atoms. The number of rotatable bonds is 7. The average Bonchev–Trinajstić information content (AvgIpc) is 3.16. The lowest BCUT2D eigenvalue weighted by Crippen LogP contribution is -2.14. The molecule has 0 radical (unpaired) electrons. The molecule has 0 aliphatic carbocycles. The number of nitro groups is 1. The summed E-state index contributed by atoms with van der Waals surface area (Å²) >= 11 is 0.989. The summed E-state index contributed by atoms with van der Waals surface area (Å²) in [5.74, 6) is -0.406. The fourth-order valence-corrected chi connectivity index (χ4v) is 2.76. The topological polar surface area (TPSA) is 120 Å². The van der Waals surface area contributed by atoms with Crippen molar-refractivity contribution in [2.24, 2.45) is 0 Å². The highest BCUT2D eigenvalue weighted by atomic mass is 32.2. The predicted molar refractivity (Wildman–Crippen MR) is 98.7 cm³/mol. The predicted octanol–water partition coefficient (Wildman–Crippen LogP) is 3.52. The van der Waals surface area contributed by atoms with Crippen molar-refractivity contribution in [3.05, 3.63) is 58.4 Å². The zero-order chi connectivity index (χ0) is 20.1. The van der Waals surface area contributed by atoms with Gasteiger partial charge in [0, 0.05) is 17.7 Å². The van der Waals surface area contributed by atoms with E-state index in [0.29, 0.717) is 11.3 Å². The highest BCUT2D eigenvalue weighted by molar-refractivity contribution is 7.99. The summed E-state index contributed by atoms with van der Waals surface area (Å²) in [6.07, 6.45) is 0. The summed E-state index contributed by atoms with van der Waals surface area (Å²) in [5, 5.41) is 21.3. The Morgan fingerprint density at radius 3 is 2.71 bits per heavy atom. The van der Waals surface area contributed by atoms with Crippen molar-refractivity contribution in [2.75, 3.05) is 18.2 Å². The van der Waals surface area contributed by atoms with Crippen LogP contribution in [0, 0.1) is 15.9 Å². The van der Waals surface area contributed by atoms with E-state index in [4.69, 9.17) is 9.15 Å². The molecule has 1 N–H and O–H groups in total. The van der Waals surface area contributed by atoms with Gasteiger partial charge in [0.05, 0.1) is 23.5 Å². The van der Waals surface area contributed by atoms with Crippen LogP contribution in [0.15, 0.2) is 52.1 Å². The molecule has 144 valence electrons. The van der Waals surface area contributed by atoms with Gasteiger partial charge in [0.15, 0.2) is 0 Å². The van der Waals surface area contributed by atoms with Gasteiger partial charge in [-0.05, 0) is 30.3 Å². The second-order valence-corrected chi connectivity index (χ2v) is 6.29. The highest BCUT2D eigenvalue weighted by Gasteiger charge is 2.15. The molecule has 3 rings (SSSR count). The number of ether oxygens (including phenoxy) is 1. The molecule has 1 aromatic heterocycles. The molecule has 11 heteroatoms. The summed E-state index contributed by atoms with van der Waals surface area (Å²) in [6, 6.07) is 9.42. The third kappa shape index (κ3) is 4.62. The van der Waals surface area contributed by atoms with Gasteiger partial charge in [-0.2, -0.15) is 0 Å². The summed E-state index contributed by atoms with van der Waals surface area (Å²) in [6.45, 7) is 0. The number of hydrogen-bond donors (Lipinski definition) is 1. The molecule has 0 fully saturated rings. The number of carbonyl (C=O) groups excluding carboxylic acids is 1. The van der Waals surface area contributed by atoms with E-state index in [0.717, 1.165) is 11.8 Å². The van der Waals surface area contributed by atoms with Crippen LogP contribution in [0.1, 0.15) is 0 Å². The summed E-state index contributed by atoms with van der Waals surface area (Å²) in [4.78, 5) is 22.5. The van der Waals surface area contributed by atoms with E-state index in [1.807, 2.05) is 0 Å². The van der Waals surface area contributed by atoms with E-state index >= 15 is 0 Å². The van der Waals surface area contributed by atoms with Crippen LogP contribution < -0.4 is 10.1 Å². The molecule has 0 saturated carbocycles. The maximum atomic E-state index is 13.0. The SMILES string of the molecule is COc1ccc([N+](=O)[O-])cc1NC(=O)CSc1nnc(-c2ccc(F)cc2)o1. The molecule has 28 heavy (non-hydrogen) atoms. The van der Waals surface area contributed by atoms with Gasteiger partial charge >= 0.3 is 0 Å². The van der Waals surface area contributed by atoms with E-state index in [-0.39, 0.29) is 34.1 Å². The summed E-state index contributed by atoms with van der Waals surface area (Å²) in [5.41, 5.74) is 0.552. The van der Waals surface area contributed by atoms with Crippen LogP contribution in [0.3, 0.4) is 0 Å². The number of hydrogen-bond acceptors (Lipinski definition) is 8. The Hall–Kier alpha value is -3.47. The number of nitrogens with one attached hydrogen (secondary N) is 1. The molecule has 1 heterocycles. The van der Waals surface area contributed by atoms with Crippen LogP contribution in [-0.2, 0) is 4.79 Å². The summed E-state index contributed by atoms with van der Waals surface area (Å²) < 4.78 is 23.5. The largest absolute Gasteiger partial charge is 0.495 e. The van der Waals surface area contributed by atoms with Gasteiger partial charge in [-0.25, -0.2) is 4.39 Å². The molecule has 0 aliphatic heterocycles. The van der Waals surface area contributed by atoms with Crippen LogP contribution in [0.25, 0.3) is 11.5 Å². The maximum Gasteiger partial charge on any atom is 0.277 e. The molecule has 0 bridgehead atoms. The van der Waals surface area contributed by atoms with Crippen LogP contribution in [0.2, 0.25) is 0 Å². The number of benzene rings is 2. The third-order valence-corrected chi connectivity index (χ3v) is 4.31. The Bertz CT molecular complexity index is 1010. The molecule has 0 atom stereocenters. The minimum absolute atomic E-state index is 0.0725. The van der Waals surface area contributed by atoms with E-state index in [1.54, 1.807) is 0 Å². The first kappa shape index (κ1) is 19.3. The van der Waals surface area contributed by atoms with Gasteiger partial charge in [0.25, 0.3) is 10.9 Å². The normalized spacial score (nSPS) is 10.5. The minimum atomic E-state index is -0.570. The number of amides is 1. The standard InChI is InChI=1S/C17H13FN4O5S/c1-26-14-7-6-12(22(24)25)8-13(14)19-15(23)9-28-17-21-20-16(27-17)10-2-4-11(18)5-3-10/h2-8H,9H2,1H3,(H,19,23). The average molecular weight is 404 g/mol. The molecule has 0 saturated heterocycles. The molecule has 2 aromatic carbocycles. The van der Waals surface area contributed by atoms with Gasteiger partial charge in [0.2, 0.25) is 11.8 Å². The van der Waals surface area contributed by atoms with Crippen molar-refractivity contribution in [3.8, 4) is 17.2 Å². The van der Waals surface area contributed by atoms with Gasteiger partial charge in [-0.15, -0.1) is 10.2 Å². The van der Waals surface area contributed by atoms with Crippen molar-refractivity contribution in [2.45, 2.75) is 5.22 Å². The van der Waals surface area contributed by atoms with E-state index < -0.39 is 10.8 Å². The van der Waals surface area contributed by atoms with Gasteiger partial charge in [-0.3, -0.25) is 14.9 Å². The second-order valence-electron chi connectivity index (χ2n) is 5.36. The number of non-ortho nitro benzene ring substituents is 1. The lowest BCUT2D eigenvalue weighted by atomic mass is 10.2. The molecular weight excluding hydrogens is 391 g/mol. The van der Waals surface area contributed by atoms with E-state index in [1.165, 1.54) is 49.6 Å². The zero-order valence-electron chi connectivity index (χ0n) is 14.4. The van der Waals surface area contributed by atoms with Crippen molar-refractivity contribution >= 4 is 29.0 Å². The highest BCUT2D eigenvalue weighted by Crippen LogP contribution is 2.29. The number of aromatic nitrogens is 2. The van der Waals surface area contributed by atoms with Gasteiger partial charge in [0.1, 0.15) is 11.6 Å². The Morgan fingerprint density at radius 2 is 2.04 bits per heavy atom. The Labute approximate surface area is 162 Å². The van der Waals surface area contributed by atoms with E-state index in [2.05, 4.69) is 15.5 Å². The first-order valence-corrected chi connectivity index (χ1v) is 8.79. The minimum Gasteiger partial charge on any atom is -0.495 e. The number of methoxy groups -OCH3 is 1. The zero-order valence-corrected chi connectivity index (χ0v) is 15.2. The molecule has 0 unspecified atom stereocenters. The lowest BCUT2D eigenvalue weighted by molar-refractivity contribution is -0.384. The summed E-state index contributed by atoms with van der Waals surface area (Å²) in [7, 11) is 1.39. The number of anilines is 1. The van der Waals surface area contributed by atoms with Crippen LogP contribution in [0.5, 0.6) is 5.75 Å².